The third-order valence-electron chi connectivity index (χ3n) is 3.73. The molecular formula is C11H22N2O4S. The second-order valence-electron chi connectivity index (χ2n) is 5.10. The first-order chi connectivity index (χ1) is 8.51. The van der Waals surface area contributed by atoms with Crippen molar-refractivity contribution in [3.63, 3.8) is 0 Å². The van der Waals surface area contributed by atoms with Crippen molar-refractivity contribution < 1.29 is 18.6 Å². The Hall–Kier alpha value is -0.210. The molecule has 106 valence electrons. The highest BCUT2D eigenvalue weighted by Gasteiger charge is 2.36. The average Bonchev–Trinajstić information content (AvgIpc) is 2.61. The van der Waals surface area contributed by atoms with Crippen molar-refractivity contribution >= 4 is 10.2 Å². The van der Waals surface area contributed by atoms with Gasteiger partial charge >= 0.3 is 0 Å². The summed E-state index contributed by atoms with van der Waals surface area (Å²) in [5.41, 5.74) is 0. The van der Waals surface area contributed by atoms with Gasteiger partial charge in [-0.3, -0.25) is 0 Å². The van der Waals surface area contributed by atoms with E-state index >= 15 is 0 Å². The SMILES string of the molecule is O=S(=O)(N1CCCCCC1)N1CC[C@H](O)[C@@H](O)C1. The number of β-amino-alcohol motifs (C(OH)–C–C–N with tert-alkyl or cyclic N) is 1. The maximum absolute atomic E-state index is 12.4. The van der Waals surface area contributed by atoms with E-state index in [2.05, 4.69) is 0 Å². The zero-order valence-corrected chi connectivity index (χ0v) is 11.3. The van der Waals surface area contributed by atoms with Gasteiger partial charge in [0.25, 0.3) is 10.2 Å². The molecular weight excluding hydrogens is 256 g/mol. The Labute approximate surface area is 108 Å². The quantitative estimate of drug-likeness (QED) is 0.716. The van der Waals surface area contributed by atoms with Crippen LogP contribution in [0.4, 0.5) is 0 Å². The van der Waals surface area contributed by atoms with Crippen molar-refractivity contribution in [1.82, 2.24) is 8.61 Å². The van der Waals surface area contributed by atoms with Crippen LogP contribution < -0.4 is 0 Å². The van der Waals surface area contributed by atoms with Gasteiger partial charge in [0.2, 0.25) is 0 Å². The highest BCUT2D eigenvalue weighted by molar-refractivity contribution is 7.86. The molecule has 0 amide bonds. The van der Waals surface area contributed by atoms with Crippen molar-refractivity contribution in [3.8, 4) is 0 Å². The van der Waals surface area contributed by atoms with E-state index < -0.39 is 22.4 Å². The highest BCUT2D eigenvalue weighted by atomic mass is 32.2. The van der Waals surface area contributed by atoms with Crippen LogP contribution in [0, 0.1) is 0 Å². The van der Waals surface area contributed by atoms with Crippen LogP contribution in [0.3, 0.4) is 0 Å². The molecule has 6 nitrogen and oxygen atoms in total. The smallest absolute Gasteiger partial charge is 0.282 e. The molecule has 0 aromatic heterocycles. The molecule has 0 bridgehead atoms. The third kappa shape index (κ3) is 3.03. The molecule has 18 heavy (non-hydrogen) atoms. The van der Waals surface area contributed by atoms with Gasteiger partial charge in [0, 0.05) is 26.2 Å². The minimum atomic E-state index is -3.47. The van der Waals surface area contributed by atoms with Crippen LogP contribution in [-0.2, 0) is 10.2 Å². The molecule has 0 saturated carbocycles. The molecule has 7 heteroatoms. The summed E-state index contributed by atoms with van der Waals surface area (Å²) < 4.78 is 27.6. The Bertz CT molecular complexity index is 365. The first-order valence-electron chi connectivity index (χ1n) is 6.63. The molecule has 2 saturated heterocycles. The van der Waals surface area contributed by atoms with Crippen molar-refractivity contribution in [1.29, 1.82) is 0 Å². The first-order valence-corrected chi connectivity index (χ1v) is 8.03. The standard InChI is InChI=1S/C11H22N2O4S/c14-10-5-8-13(9-11(10)15)18(16,17)12-6-3-1-2-4-7-12/h10-11,14-15H,1-9H2/t10-,11-/m0/s1. The van der Waals surface area contributed by atoms with Crippen LogP contribution in [0.5, 0.6) is 0 Å². The van der Waals surface area contributed by atoms with E-state index in [1.807, 2.05) is 0 Å². The molecule has 2 aliphatic rings. The van der Waals surface area contributed by atoms with E-state index in [0.717, 1.165) is 25.7 Å². The van der Waals surface area contributed by atoms with Gasteiger partial charge in [-0.1, -0.05) is 12.8 Å². The predicted molar refractivity (Wildman–Crippen MR) is 67.2 cm³/mol. The molecule has 2 atom stereocenters. The van der Waals surface area contributed by atoms with Gasteiger partial charge in [-0.25, -0.2) is 0 Å². The number of nitrogens with zero attached hydrogens (tertiary/aromatic N) is 2. The maximum Gasteiger partial charge on any atom is 0.282 e. The molecule has 2 heterocycles. The van der Waals surface area contributed by atoms with E-state index in [0.29, 0.717) is 19.5 Å². The largest absolute Gasteiger partial charge is 0.390 e. The summed E-state index contributed by atoms with van der Waals surface area (Å²) in [5, 5.41) is 19.0. The fraction of sp³-hybridized carbons (Fsp3) is 1.00. The van der Waals surface area contributed by atoms with Gasteiger partial charge in [0.05, 0.1) is 12.2 Å². The summed E-state index contributed by atoms with van der Waals surface area (Å²) in [4.78, 5) is 0. The van der Waals surface area contributed by atoms with Crippen LogP contribution in [0.2, 0.25) is 0 Å². The average molecular weight is 278 g/mol. The summed E-state index contributed by atoms with van der Waals surface area (Å²) >= 11 is 0. The van der Waals surface area contributed by atoms with Gasteiger partial charge in [0.15, 0.2) is 0 Å². The Morgan fingerprint density at radius 1 is 0.833 bits per heavy atom. The second-order valence-corrected chi connectivity index (χ2v) is 7.03. The fourth-order valence-electron chi connectivity index (χ4n) is 2.54. The maximum atomic E-state index is 12.4. The van der Waals surface area contributed by atoms with Gasteiger partial charge in [-0.2, -0.15) is 17.0 Å². The van der Waals surface area contributed by atoms with Gasteiger partial charge in [0.1, 0.15) is 0 Å². The molecule has 0 aromatic carbocycles. The predicted octanol–water partition coefficient (Wildman–Crippen LogP) is -0.465. The number of rotatable bonds is 2. The summed E-state index contributed by atoms with van der Waals surface area (Å²) in [6.45, 7) is 1.42. The molecule has 2 aliphatic heterocycles. The van der Waals surface area contributed by atoms with E-state index in [9.17, 15) is 18.6 Å². The minimum Gasteiger partial charge on any atom is -0.390 e. The Morgan fingerprint density at radius 2 is 1.44 bits per heavy atom. The Morgan fingerprint density at radius 3 is 2.00 bits per heavy atom. The zero-order chi connectivity index (χ0) is 13.2. The fourth-order valence-corrected chi connectivity index (χ4v) is 4.26. The van der Waals surface area contributed by atoms with Crippen LogP contribution in [0.1, 0.15) is 32.1 Å². The summed E-state index contributed by atoms with van der Waals surface area (Å²) in [5.74, 6) is 0. The normalized spacial score (nSPS) is 33.2. The van der Waals surface area contributed by atoms with Gasteiger partial charge in [-0.15, -0.1) is 0 Å². The minimum absolute atomic E-state index is 0.000000000000000222. The van der Waals surface area contributed by atoms with Crippen LogP contribution >= 0.6 is 0 Å². The van der Waals surface area contributed by atoms with Crippen LogP contribution in [0.25, 0.3) is 0 Å². The Balaban J connectivity index is 2.05. The molecule has 0 radical (unpaired) electrons. The van der Waals surface area contributed by atoms with E-state index in [-0.39, 0.29) is 13.1 Å². The highest BCUT2D eigenvalue weighted by Crippen LogP contribution is 2.20. The van der Waals surface area contributed by atoms with Crippen molar-refractivity contribution in [3.05, 3.63) is 0 Å². The molecule has 0 spiro atoms. The zero-order valence-electron chi connectivity index (χ0n) is 10.5. The molecule has 0 unspecified atom stereocenters. The molecule has 2 rings (SSSR count). The summed E-state index contributed by atoms with van der Waals surface area (Å²) in [6, 6.07) is 0. The first kappa shape index (κ1) is 14.2. The number of aliphatic hydroxyl groups is 2. The Kier molecular flexibility index (Phi) is 4.60. The molecule has 2 fully saturated rings. The van der Waals surface area contributed by atoms with Gasteiger partial charge in [-0.05, 0) is 19.3 Å². The topological polar surface area (TPSA) is 81.1 Å². The van der Waals surface area contributed by atoms with Crippen molar-refractivity contribution in [2.24, 2.45) is 0 Å². The van der Waals surface area contributed by atoms with Crippen LogP contribution in [0.15, 0.2) is 0 Å². The van der Waals surface area contributed by atoms with E-state index in [1.54, 1.807) is 0 Å². The number of piperidine rings is 1. The van der Waals surface area contributed by atoms with Crippen LogP contribution in [-0.4, -0.2) is 65.6 Å². The third-order valence-corrected chi connectivity index (χ3v) is 5.73. The number of aliphatic hydroxyl groups excluding tert-OH is 2. The molecule has 0 aromatic rings. The van der Waals surface area contributed by atoms with Crippen molar-refractivity contribution in [2.75, 3.05) is 26.2 Å². The lowest BCUT2D eigenvalue weighted by Gasteiger charge is -2.35. The van der Waals surface area contributed by atoms with E-state index in [1.165, 1.54) is 8.61 Å². The van der Waals surface area contributed by atoms with Crippen molar-refractivity contribution in [2.45, 2.75) is 44.3 Å². The molecule has 0 aliphatic carbocycles. The summed E-state index contributed by atoms with van der Waals surface area (Å²) in [6.07, 6.45) is 2.48. The van der Waals surface area contributed by atoms with E-state index in [4.69, 9.17) is 0 Å². The lowest BCUT2D eigenvalue weighted by atomic mass is 10.1. The summed E-state index contributed by atoms with van der Waals surface area (Å²) in [7, 11) is -3.47. The second kappa shape index (κ2) is 5.83. The number of hydrogen-bond acceptors (Lipinski definition) is 4. The lowest BCUT2D eigenvalue weighted by molar-refractivity contribution is -0.0202. The lowest BCUT2D eigenvalue weighted by Crippen LogP contribution is -2.53. The monoisotopic (exact) mass is 278 g/mol. The molecule has 2 N–H and O–H groups in total. The van der Waals surface area contributed by atoms with Gasteiger partial charge < -0.3 is 10.2 Å². The number of hydrogen-bond donors (Lipinski definition) is 2.